The Labute approximate surface area is 150 Å². The highest BCUT2D eigenvalue weighted by molar-refractivity contribution is 5.95. The van der Waals surface area contributed by atoms with Gasteiger partial charge in [-0.2, -0.15) is 0 Å². The van der Waals surface area contributed by atoms with Crippen molar-refractivity contribution in [2.75, 3.05) is 12.4 Å². The number of carbonyl (C=O) groups is 2. The molecule has 2 aromatic rings. The average molecular weight is 357 g/mol. The summed E-state index contributed by atoms with van der Waals surface area (Å²) in [7, 11) is 1.14. The largest absolute Gasteiger partial charge is 0.465 e. The molecule has 0 aliphatic rings. The molecule has 0 bridgehead atoms. The van der Waals surface area contributed by atoms with E-state index in [2.05, 4.69) is 15.4 Å². The second-order valence-corrected chi connectivity index (χ2v) is 5.55. The zero-order valence-corrected chi connectivity index (χ0v) is 14.4. The van der Waals surface area contributed by atoms with E-state index in [4.69, 9.17) is 0 Å². The molecular weight excluding hydrogens is 338 g/mol. The van der Waals surface area contributed by atoms with Gasteiger partial charge in [0.2, 0.25) is 5.91 Å². The molecule has 0 aromatic heterocycles. The minimum Gasteiger partial charge on any atom is -0.465 e. The number of nitro groups is 1. The Morgan fingerprint density at radius 2 is 1.88 bits per heavy atom. The Bertz CT molecular complexity index is 808. The fourth-order valence-corrected chi connectivity index (χ4v) is 2.31. The molecule has 2 rings (SSSR count). The van der Waals surface area contributed by atoms with Gasteiger partial charge in [0, 0.05) is 18.3 Å². The number of ether oxygens (including phenoxy) is 1. The van der Waals surface area contributed by atoms with Crippen LogP contribution in [0.15, 0.2) is 48.5 Å². The van der Waals surface area contributed by atoms with Crippen molar-refractivity contribution < 1.29 is 19.2 Å². The Hall–Kier alpha value is -3.42. The van der Waals surface area contributed by atoms with E-state index in [9.17, 15) is 19.7 Å². The third-order valence-electron chi connectivity index (χ3n) is 3.68. The number of rotatable bonds is 7. The van der Waals surface area contributed by atoms with Gasteiger partial charge in [-0.3, -0.25) is 14.9 Å². The molecule has 0 aliphatic heterocycles. The van der Waals surface area contributed by atoms with Crippen LogP contribution in [-0.2, 0) is 16.1 Å². The zero-order valence-electron chi connectivity index (χ0n) is 14.4. The number of nitrogens with one attached hydrogen (secondary N) is 2. The van der Waals surface area contributed by atoms with Gasteiger partial charge in [0.15, 0.2) is 0 Å². The van der Waals surface area contributed by atoms with Crippen LogP contribution < -0.4 is 10.6 Å². The van der Waals surface area contributed by atoms with Crippen LogP contribution in [0.3, 0.4) is 0 Å². The van der Waals surface area contributed by atoms with Gasteiger partial charge < -0.3 is 15.4 Å². The third kappa shape index (κ3) is 4.79. The van der Waals surface area contributed by atoms with Crippen molar-refractivity contribution >= 4 is 23.3 Å². The van der Waals surface area contributed by atoms with E-state index in [-0.39, 0.29) is 17.2 Å². The summed E-state index contributed by atoms with van der Waals surface area (Å²) in [4.78, 5) is 34.3. The van der Waals surface area contributed by atoms with Gasteiger partial charge in [-0.1, -0.05) is 30.3 Å². The first kappa shape index (κ1) is 18.9. The molecule has 0 spiro atoms. The van der Waals surface area contributed by atoms with Crippen molar-refractivity contribution in [3.8, 4) is 0 Å². The lowest BCUT2D eigenvalue weighted by Gasteiger charge is -2.16. The molecule has 26 heavy (non-hydrogen) atoms. The lowest BCUT2D eigenvalue weighted by molar-refractivity contribution is -0.385. The number of hydrogen-bond donors (Lipinski definition) is 2. The molecule has 0 aliphatic carbocycles. The van der Waals surface area contributed by atoms with Gasteiger partial charge in [-0.15, -0.1) is 0 Å². The number of hydrogen-bond acceptors (Lipinski definition) is 6. The van der Waals surface area contributed by atoms with Crippen molar-refractivity contribution in [3.63, 3.8) is 0 Å². The summed E-state index contributed by atoms with van der Waals surface area (Å²) in [6, 6.07) is 12.8. The van der Waals surface area contributed by atoms with Crippen molar-refractivity contribution in [1.82, 2.24) is 5.32 Å². The van der Waals surface area contributed by atoms with E-state index in [1.54, 1.807) is 6.92 Å². The average Bonchev–Trinajstić information content (AvgIpc) is 2.65. The van der Waals surface area contributed by atoms with Crippen LogP contribution in [0.5, 0.6) is 0 Å². The fourth-order valence-electron chi connectivity index (χ4n) is 2.31. The van der Waals surface area contributed by atoms with Gasteiger partial charge >= 0.3 is 5.97 Å². The van der Waals surface area contributed by atoms with Crippen LogP contribution in [0.2, 0.25) is 0 Å². The van der Waals surface area contributed by atoms with Crippen LogP contribution in [0, 0.1) is 10.1 Å². The number of carbonyl (C=O) groups excluding carboxylic acids is 2. The predicted octanol–water partition coefficient (Wildman–Crippen LogP) is 2.50. The fraction of sp³-hybridized carbons (Fsp3) is 0.222. The van der Waals surface area contributed by atoms with Crippen molar-refractivity contribution in [3.05, 3.63) is 69.8 Å². The van der Waals surface area contributed by atoms with E-state index in [0.29, 0.717) is 12.2 Å². The smallest absolute Gasteiger partial charge is 0.344 e. The maximum Gasteiger partial charge on any atom is 0.344 e. The topological polar surface area (TPSA) is 111 Å². The number of amides is 1. The Balaban J connectivity index is 2.05. The Kier molecular flexibility index (Phi) is 6.26. The minimum atomic E-state index is -0.818. The van der Waals surface area contributed by atoms with E-state index >= 15 is 0 Å². The predicted molar refractivity (Wildman–Crippen MR) is 95.8 cm³/mol. The molecule has 8 heteroatoms. The zero-order chi connectivity index (χ0) is 19.1. The Morgan fingerprint density at radius 3 is 2.50 bits per heavy atom. The van der Waals surface area contributed by atoms with Gasteiger partial charge in [-0.25, -0.2) is 4.79 Å². The summed E-state index contributed by atoms with van der Waals surface area (Å²) in [6.07, 6.45) is 0. The van der Waals surface area contributed by atoms with E-state index in [0.717, 1.165) is 12.7 Å². The molecule has 0 saturated carbocycles. The van der Waals surface area contributed by atoms with Crippen molar-refractivity contribution in [2.24, 2.45) is 0 Å². The summed E-state index contributed by atoms with van der Waals surface area (Å²) in [5, 5.41) is 16.7. The standard InChI is InChI=1S/C18H19N3O5/c1-12(17(22)19-11-13-6-4-3-5-7-13)20-14-8-9-16(21(24)25)15(10-14)18(23)26-2/h3-10,12,20H,11H2,1-2H3,(H,19,22). The van der Waals surface area contributed by atoms with Crippen LogP contribution in [-0.4, -0.2) is 30.0 Å². The molecule has 0 radical (unpaired) electrons. The maximum atomic E-state index is 12.2. The van der Waals surface area contributed by atoms with E-state index in [1.807, 2.05) is 30.3 Å². The number of anilines is 1. The number of esters is 1. The molecular formula is C18H19N3O5. The van der Waals surface area contributed by atoms with Gasteiger partial charge in [0.1, 0.15) is 11.6 Å². The van der Waals surface area contributed by atoms with E-state index in [1.165, 1.54) is 18.2 Å². The highest BCUT2D eigenvalue weighted by Crippen LogP contribution is 2.24. The minimum absolute atomic E-state index is 0.181. The second-order valence-electron chi connectivity index (χ2n) is 5.55. The molecule has 1 unspecified atom stereocenters. The van der Waals surface area contributed by atoms with Crippen molar-refractivity contribution in [1.29, 1.82) is 0 Å². The van der Waals surface area contributed by atoms with Gasteiger partial charge in [0.25, 0.3) is 5.69 Å². The first-order valence-electron chi connectivity index (χ1n) is 7.87. The first-order valence-corrected chi connectivity index (χ1v) is 7.87. The molecule has 2 aromatic carbocycles. The number of methoxy groups -OCH3 is 1. The van der Waals surface area contributed by atoms with Gasteiger partial charge in [-0.05, 0) is 24.6 Å². The Morgan fingerprint density at radius 1 is 1.19 bits per heavy atom. The molecule has 1 amide bonds. The van der Waals surface area contributed by atoms with Crippen molar-refractivity contribution in [2.45, 2.75) is 19.5 Å². The molecule has 8 nitrogen and oxygen atoms in total. The summed E-state index contributed by atoms with van der Waals surface area (Å²) < 4.78 is 4.57. The lowest BCUT2D eigenvalue weighted by atomic mass is 10.1. The number of nitrogens with zero attached hydrogens (tertiary/aromatic N) is 1. The molecule has 1 atom stereocenters. The third-order valence-corrected chi connectivity index (χ3v) is 3.68. The highest BCUT2D eigenvalue weighted by Gasteiger charge is 2.22. The highest BCUT2D eigenvalue weighted by atomic mass is 16.6. The number of benzene rings is 2. The molecule has 0 heterocycles. The SMILES string of the molecule is COC(=O)c1cc(NC(C)C(=O)NCc2ccccc2)ccc1[N+](=O)[O-]. The summed E-state index contributed by atoms with van der Waals surface area (Å²) in [5.74, 6) is -1.06. The lowest BCUT2D eigenvalue weighted by Crippen LogP contribution is -2.37. The van der Waals surface area contributed by atoms with Gasteiger partial charge in [0.05, 0.1) is 12.0 Å². The van der Waals surface area contributed by atoms with Crippen LogP contribution in [0.25, 0.3) is 0 Å². The second kappa shape index (κ2) is 8.61. The van der Waals surface area contributed by atoms with Crippen LogP contribution in [0.1, 0.15) is 22.8 Å². The normalized spacial score (nSPS) is 11.3. The van der Waals surface area contributed by atoms with Crippen LogP contribution in [0.4, 0.5) is 11.4 Å². The monoisotopic (exact) mass is 357 g/mol. The van der Waals surface area contributed by atoms with Crippen LogP contribution >= 0.6 is 0 Å². The molecule has 2 N–H and O–H groups in total. The summed E-state index contributed by atoms with van der Waals surface area (Å²) in [5.41, 5.74) is 0.831. The first-order chi connectivity index (χ1) is 12.4. The quantitative estimate of drug-likeness (QED) is 0.447. The maximum absolute atomic E-state index is 12.2. The van der Waals surface area contributed by atoms with E-state index < -0.39 is 16.9 Å². The molecule has 0 fully saturated rings. The molecule has 136 valence electrons. The summed E-state index contributed by atoms with van der Waals surface area (Å²) in [6.45, 7) is 2.04. The summed E-state index contributed by atoms with van der Waals surface area (Å²) >= 11 is 0. The number of nitro benzene ring substituents is 1. The molecule has 0 saturated heterocycles.